The quantitative estimate of drug-likeness (QED) is 0.807. The second-order valence-corrected chi connectivity index (χ2v) is 6.62. The highest BCUT2D eigenvalue weighted by Crippen LogP contribution is 2.31. The molecule has 0 atom stereocenters. The van der Waals surface area contributed by atoms with Gasteiger partial charge >= 0.3 is 0 Å². The molecule has 1 aliphatic heterocycles. The third-order valence-corrected chi connectivity index (χ3v) is 5.35. The molecular formula is C21H19NO2. The van der Waals surface area contributed by atoms with Crippen molar-refractivity contribution in [2.75, 3.05) is 31.2 Å². The third kappa shape index (κ3) is 1.91. The topological polar surface area (TPSA) is 29.5 Å². The van der Waals surface area contributed by atoms with E-state index < -0.39 is 0 Å². The average Bonchev–Trinajstić information content (AvgIpc) is 2.66. The highest BCUT2D eigenvalue weighted by molar-refractivity contribution is 6.29. The summed E-state index contributed by atoms with van der Waals surface area (Å²) < 4.78 is 5.49. The van der Waals surface area contributed by atoms with Crippen LogP contribution in [0.3, 0.4) is 0 Å². The molecule has 1 saturated heterocycles. The van der Waals surface area contributed by atoms with E-state index in [-0.39, 0.29) is 5.78 Å². The van der Waals surface area contributed by atoms with E-state index in [1.807, 2.05) is 18.2 Å². The minimum absolute atomic E-state index is 0.214. The number of benzene rings is 2. The van der Waals surface area contributed by atoms with Crippen molar-refractivity contribution in [2.45, 2.75) is 12.8 Å². The molecule has 3 aliphatic rings. The molecule has 120 valence electrons. The summed E-state index contributed by atoms with van der Waals surface area (Å²) in [7, 11) is 0. The molecule has 0 amide bonds. The lowest BCUT2D eigenvalue weighted by molar-refractivity contribution is 0.105. The summed E-state index contributed by atoms with van der Waals surface area (Å²) in [4.78, 5) is 15.4. The smallest absolute Gasteiger partial charge is 0.190 e. The number of rotatable bonds is 1. The molecule has 2 aliphatic carbocycles. The number of Topliss-reactive ketones (excluding diaryl/α,β-unsaturated/α-hetero) is 1. The summed E-state index contributed by atoms with van der Waals surface area (Å²) in [6.07, 6.45) is 4.10. The summed E-state index contributed by atoms with van der Waals surface area (Å²) in [5.41, 5.74) is 5.39. The van der Waals surface area contributed by atoms with Crippen LogP contribution in [0.25, 0.3) is 22.8 Å². The number of fused-ring (bicyclic) bond motifs is 2. The molecule has 2 aromatic carbocycles. The maximum absolute atomic E-state index is 13.0. The first-order valence-electron chi connectivity index (χ1n) is 8.68. The lowest BCUT2D eigenvalue weighted by Crippen LogP contribution is -2.44. The molecule has 0 unspecified atom stereocenters. The third-order valence-electron chi connectivity index (χ3n) is 5.35. The van der Waals surface area contributed by atoms with Crippen LogP contribution in [-0.2, 0) is 4.74 Å². The Labute approximate surface area is 140 Å². The van der Waals surface area contributed by atoms with Gasteiger partial charge in [-0.2, -0.15) is 0 Å². The van der Waals surface area contributed by atoms with Crippen molar-refractivity contribution in [3.63, 3.8) is 0 Å². The van der Waals surface area contributed by atoms with Crippen LogP contribution in [0, 0.1) is 0 Å². The van der Waals surface area contributed by atoms with E-state index in [1.54, 1.807) is 0 Å². The number of hydrogen-bond donors (Lipinski definition) is 0. The number of ether oxygens (including phenoxy) is 1. The minimum atomic E-state index is 0.214. The van der Waals surface area contributed by atoms with E-state index in [4.69, 9.17) is 4.74 Å². The molecule has 0 saturated carbocycles. The maximum Gasteiger partial charge on any atom is 0.190 e. The van der Waals surface area contributed by atoms with Gasteiger partial charge in [0, 0.05) is 35.1 Å². The number of carbonyl (C=O) groups is 1. The van der Waals surface area contributed by atoms with Gasteiger partial charge in [-0.05, 0) is 35.3 Å². The highest BCUT2D eigenvalue weighted by Gasteiger charge is 2.27. The van der Waals surface area contributed by atoms with Crippen LogP contribution in [0.1, 0.15) is 23.2 Å². The first-order chi connectivity index (χ1) is 11.8. The second kappa shape index (κ2) is 5.32. The Morgan fingerprint density at radius 2 is 1.71 bits per heavy atom. The molecule has 0 aromatic heterocycles. The molecule has 0 spiro atoms. The van der Waals surface area contributed by atoms with E-state index in [1.165, 1.54) is 21.7 Å². The van der Waals surface area contributed by atoms with Gasteiger partial charge in [-0.15, -0.1) is 0 Å². The van der Waals surface area contributed by atoms with Crippen molar-refractivity contribution in [1.29, 1.82) is 0 Å². The van der Waals surface area contributed by atoms with Crippen molar-refractivity contribution in [3.8, 4) is 11.1 Å². The van der Waals surface area contributed by atoms with E-state index in [9.17, 15) is 4.79 Å². The Morgan fingerprint density at radius 3 is 2.54 bits per heavy atom. The normalized spacial score (nSPS) is 18.8. The fourth-order valence-electron chi connectivity index (χ4n) is 4.24. The predicted molar refractivity (Wildman–Crippen MR) is 95.6 cm³/mol. The minimum Gasteiger partial charge on any atom is -0.378 e. The lowest BCUT2D eigenvalue weighted by Gasteiger charge is -2.31. The van der Waals surface area contributed by atoms with Gasteiger partial charge in [0.25, 0.3) is 0 Å². The van der Waals surface area contributed by atoms with Crippen LogP contribution in [0.5, 0.6) is 0 Å². The fraction of sp³-hybridized carbons (Fsp3) is 0.286. The molecule has 24 heavy (non-hydrogen) atoms. The van der Waals surface area contributed by atoms with Crippen LogP contribution in [0.2, 0.25) is 0 Å². The van der Waals surface area contributed by atoms with Crippen molar-refractivity contribution < 1.29 is 9.53 Å². The molecular weight excluding hydrogens is 298 g/mol. The van der Waals surface area contributed by atoms with Gasteiger partial charge < -0.3 is 9.64 Å². The lowest BCUT2D eigenvalue weighted by atomic mass is 9.81. The van der Waals surface area contributed by atoms with Crippen molar-refractivity contribution in [1.82, 2.24) is 0 Å². The zero-order chi connectivity index (χ0) is 16.1. The highest BCUT2D eigenvalue weighted by atomic mass is 16.5. The number of anilines is 1. The molecule has 5 rings (SSSR count). The van der Waals surface area contributed by atoms with Crippen LogP contribution >= 0.6 is 0 Å². The number of nitrogens with zero attached hydrogens (tertiary/aromatic N) is 1. The molecule has 0 bridgehead atoms. The van der Waals surface area contributed by atoms with Crippen molar-refractivity contribution >= 4 is 23.1 Å². The van der Waals surface area contributed by atoms with E-state index >= 15 is 0 Å². The summed E-state index contributed by atoms with van der Waals surface area (Å²) >= 11 is 0. The van der Waals surface area contributed by atoms with Crippen molar-refractivity contribution in [3.05, 3.63) is 52.4 Å². The summed E-state index contributed by atoms with van der Waals surface area (Å²) in [6.45, 7) is 3.38. The van der Waals surface area contributed by atoms with Gasteiger partial charge in [0.1, 0.15) is 0 Å². The monoisotopic (exact) mass is 317 g/mol. The Bertz CT molecular complexity index is 968. The number of hydrogen-bond acceptors (Lipinski definition) is 3. The van der Waals surface area contributed by atoms with Crippen molar-refractivity contribution in [2.24, 2.45) is 0 Å². The number of carbonyl (C=O) groups excluding carboxylic acids is 1. The maximum atomic E-state index is 13.0. The van der Waals surface area contributed by atoms with Crippen LogP contribution in [0.4, 0.5) is 5.69 Å². The molecule has 0 radical (unpaired) electrons. The van der Waals surface area contributed by atoms with Crippen LogP contribution < -0.4 is 15.3 Å². The zero-order valence-electron chi connectivity index (χ0n) is 13.5. The first-order valence-corrected chi connectivity index (χ1v) is 8.68. The molecule has 1 heterocycles. The Hall–Kier alpha value is -2.39. The zero-order valence-corrected chi connectivity index (χ0v) is 13.5. The van der Waals surface area contributed by atoms with Gasteiger partial charge in [-0.3, -0.25) is 4.79 Å². The summed E-state index contributed by atoms with van der Waals surface area (Å²) in [5.74, 6) is 0.214. The number of ketones is 1. The van der Waals surface area contributed by atoms with Gasteiger partial charge in [0.15, 0.2) is 5.78 Å². The summed E-state index contributed by atoms with van der Waals surface area (Å²) in [5, 5.41) is 2.42. The Morgan fingerprint density at radius 1 is 0.917 bits per heavy atom. The molecule has 3 nitrogen and oxygen atoms in total. The average molecular weight is 317 g/mol. The molecule has 3 heteroatoms. The van der Waals surface area contributed by atoms with E-state index in [0.29, 0.717) is 0 Å². The van der Waals surface area contributed by atoms with E-state index in [0.717, 1.165) is 55.8 Å². The molecule has 2 aromatic rings. The summed E-state index contributed by atoms with van der Waals surface area (Å²) in [6, 6.07) is 12.4. The Balaban J connectivity index is 1.82. The molecule has 1 fully saturated rings. The van der Waals surface area contributed by atoms with Gasteiger partial charge in [-0.1, -0.05) is 36.4 Å². The van der Waals surface area contributed by atoms with Gasteiger partial charge in [-0.25, -0.2) is 0 Å². The van der Waals surface area contributed by atoms with E-state index in [2.05, 4.69) is 29.2 Å². The van der Waals surface area contributed by atoms with Gasteiger partial charge in [0.05, 0.1) is 13.2 Å². The Kier molecular flexibility index (Phi) is 3.10. The van der Waals surface area contributed by atoms with Crippen LogP contribution in [-0.4, -0.2) is 32.1 Å². The predicted octanol–water partition coefficient (Wildman–Crippen LogP) is 2.11. The second-order valence-electron chi connectivity index (χ2n) is 6.62. The largest absolute Gasteiger partial charge is 0.378 e. The standard InChI is InChI=1S/C21H19NO2/c23-21-16-5-2-1-4-14(16)15-8-9-19(22-10-12-24-13-11-22)17-6-3-7-18(21)20(15)17/h1-2,4-6,8-9H,3,7,10-13H2. The SMILES string of the molecule is O=C1C2=c3c(ccc(N4CCOCC4)c3=CCC2)-c2ccccc21. The van der Waals surface area contributed by atoms with Gasteiger partial charge in [0.2, 0.25) is 0 Å². The van der Waals surface area contributed by atoms with Crippen LogP contribution in [0.15, 0.2) is 36.4 Å². The first kappa shape index (κ1) is 14.0. The fourth-order valence-corrected chi connectivity index (χ4v) is 4.24. The molecule has 0 N–H and O–H groups in total. The number of morpholine rings is 1.